The monoisotopic (exact) mass is 953 g/mol. The summed E-state index contributed by atoms with van der Waals surface area (Å²) in [5.74, 6) is -0.207. The molecule has 0 saturated heterocycles. The minimum absolute atomic E-state index is 0.00488. The van der Waals surface area contributed by atoms with Crippen LogP contribution in [0.15, 0.2) is 24.3 Å². The maximum Gasteiger partial charge on any atom is 0.268 e. The quantitative estimate of drug-likeness (QED) is 0.0272. The lowest BCUT2D eigenvalue weighted by molar-refractivity contribution is -0.870. The van der Waals surface area contributed by atoms with Crippen LogP contribution in [0.1, 0.15) is 284 Å². The number of likely N-dealkylation sites (N-methyl/N-ethyl adjacent to an activating group) is 1. The molecule has 66 heavy (non-hydrogen) atoms. The van der Waals surface area contributed by atoms with Crippen LogP contribution in [-0.4, -0.2) is 68.5 Å². The Balaban J connectivity index is 3.73. The van der Waals surface area contributed by atoms with Gasteiger partial charge in [0.15, 0.2) is 0 Å². The van der Waals surface area contributed by atoms with E-state index in [2.05, 4.69) is 31.3 Å². The number of hydrogen-bond donors (Lipinski definition) is 2. The van der Waals surface area contributed by atoms with Crippen LogP contribution < -0.4 is 10.2 Å². The van der Waals surface area contributed by atoms with Crippen LogP contribution in [0.4, 0.5) is 0 Å². The SMILES string of the molecule is CCC/C=C/CC/C=C/C(O)C(COP(=O)([O-])OCC[N+](C)(C)C)NC(=O)CCCCCCCCCCCCCCCCCCCCCCCCCCCCCCCCCCCCCCC. The zero-order chi connectivity index (χ0) is 48.5. The topological polar surface area (TPSA) is 108 Å². The molecule has 0 saturated carbocycles. The van der Waals surface area contributed by atoms with Gasteiger partial charge in [0.25, 0.3) is 7.82 Å². The van der Waals surface area contributed by atoms with Gasteiger partial charge in [-0.1, -0.05) is 276 Å². The van der Waals surface area contributed by atoms with E-state index in [1.807, 2.05) is 27.2 Å². The largest absolute Gasteiger partial charge is 0.756 e. The van der Waals surface area contributed by atoms with Gasteiger partial charge >= 0.3 is 0 Å². The number of aliphatic hydroxyl groups is 1. The average Bonchev–Trinajstić information content (AvgIpc) is 3.28. The van der Waals surface area contributed by atoms with Crippen LogP contribution in [0.25, 0.3) is 0 Å². The van der Waals surface area contributed by atoms with Crippen molar-refractivity contribution in [2.75, 3.05) is 40.9 Å². The Morgan fingerprint density at radius 2 is 0.848 bits per heavy atom. The van der Waals surface area contributed by atoms with Crippen LogP contribution in [0.2, 0.25) is 0 Å². The van der Waals surface area contributed by atoms with Crippen molar-refractivity contribution in [1.82, 2.24) is 5.32 Å². The molecule has 8 nitrogen and oxygen atoms in total. The molecule has 0 rings (SSSR count). The normalized spacial score (nSPS) is 14.1. The third-order valence-corrected chi connectivity index (χ3v) is 14.1. The Morgan fingerprint density at radius 1 is 0.515 bits per heavy atom. The summed E-state index contributed by atoms with van der Waals surface area (Å²) in [7, 11) is 1.25. The molecule has 1 amide bonds. The molecule has 392 valence electrons. The van der Waals surface area contributed by atoms with Crippen molar-refractivity contribution in [3.63, 3.8) is 0 Å². The molecule has 0 radical (unpaired) electrons. The molecule has 0 aromatic rings. The molecule has 3 unspecified atom stereocenters. The zero-order valence-electron chi connectivity index (χ0n) is 44.7. The van der Waals surface area contributed by atoms with Crippen LogP contribution >= 0.6 is 7.82 Å². The van der Waals surface area contributed by atoms with Gasteiger partial charge in [0, 0.05) is 6.42 Å². The number of phosphoric ester groups is 1. The number of nitrogens with zero attached hydrogens (tertiary/aromatic N) is 1. The molecule has 9 heteroatoms. The Hall–Kier alpha value is -1.02. The summed E-state index contributed by atoms with van der Waals surface area (Å²) in [4.78, 5) is 25.2. The molecule has 3 atom stereocenters. The fraction of sp³-hybridized carbons (Fsp3) is 0.912. The number of allylic oxidation sites excluding steroid dienone is 3. The Bertz CT molecular complexity index is 1130. The van der Waals surface area contributed by atoms with E-state index in [9.17, 15) is 19.4 Å². The lowest BCUT2D eigenvalue weighted by Crippen LogP contribution is -2.45. The molecular formula is C57H113N2O6P. The maximum absolute atomic E-state index is 12.8. The lowest BCUT2D eigenvalue weighted by atomic mass is 10.0. The molecule has 0 spiro atoms. The first-order valence-corrected chi connectivity index (χ1v) is 30.2. The van der Waals surface area contributed by atoms with E-state index in [1.165, 1.54) is 218 Å². The van der Waals surface area contributed by atoms with Gasteiger partial charge in [-0.25, -0.2) is 0 Å². The van der Waals surface area contributed by atoms with E-state index in [4.69, 9.17) is 9.05 Å². The first kappa shape index (κ1) is 65.0. The van der Waals surface area contributed by atoms with Crippen molar-refractivity contribution in [1.29, 1.82) is 0 Å². The van der Waals surface area contributed by atoms with Crippen molar-refractivity contribution in [3.05, 3.63) is 24.3 Å². The molecule has 0 aromatic carbocycles. The van der Waals surface area contributed by atoms with Gasteiger partial charge in [-0.05, 0) is 25.7 Å². The number of aliphatic hydroxyl groups excluding tert-OH is 1. The van der Waals surface area contributed by atoms with Crippen LogP contribution in [-0.2, 0) is 18.4 Å². The number of carbonyl (C=O) groups is 1. The Morgan fingerprint density at radius 3 is 1.20 bits per heavy atom. The van der Waals surface area contributed by atoms with E-state index >= 15 is 0 Å². The van der Waals surface area contributed by atoms with E-state index in [0.29, 0.717) is 17.4 Å². The molecule has 0 aromatic heterocycles. The van der Waals surface area contributed by atoms with Gasteiger partial charge in [0.05, 0.1) is 39.9 Å². The predicted molar refractivity (Wildman–Crippen MR) is 284 cm³/mol. The van der Waals surface area contributed by atoms with Crippen LogP contribution in [0.3, 0.4) is 0 Å². The summed E-state index contributed by atoms with van der Waals surface area (Å²) in [5.41, 5.74) is 0. The van der Waals surface area contributed by atoms with E-state index in [0.717, 1.165) is 44.9 Å². The predicted octanol–water partition coefficient (Wildman–Crippen LogP) is 16.6. The highest BCUT2D eigenvalue weighted by Gasteiger charge is 2.23. The number of carbonyl (C=O) groups excluding carboxylic acids is 1. The van der Waals surface area contributed by atoms with Gasteiger partial charge in [0.1, 0.15) is 13.2 Å². The maximum atomic E-state index is 12.8. The third-order valence-electron chi connectivity index (χ3n) is 13.1. The summed E-state index contributed by atoms with van der Waals surface area (Å²) >= 11 is 0. The molecule has 0 aliphatic carbocycles. The van der Waals surface area contributed by atoms with Gasteiger partial charge in [-0.15, -0.1) is 0 Å². The zero-order valence-corrected chi connectivity index (χ0v) is 45.6. The molecule has 0 fully saturated rings. The van der Waals surface area contributed by atoms with Crippen molar-refractivity contribution in [3.8, 4) is 0 Å². The first-order valence-electron chi connectivity index (χ1n) is 28.7. The molecule has 0 aliphatic rings. The Labute approximate surface area is 411 Å². The number of amides is 1. The van der Waals surface area contributed by atoms with Crippen molar-refractivity contribution in [2.24, 2.45) is 0 Å². The standard InChI is InChI=1S/C57H113N2O6P/c1-6-8-10-12-14-15-16-17-18-19-20-21-22-23-24-25-26-27-28-29-30-31-32-33-34-35-36-37-38-39-40-41-42-43-45-47-49-51-57(61)58-55(56(60)50-48-46-44-13-11-9-7-2)54-65-66(62,63)64-53-52-59(3,4)5/h11,13,48,50,55-56,60H,6-10,12,14-47,49,51-54H2,1-5H3,(H-,58,61,62,63)/b13-11+,50-48+. The van der Waals surface area contributed by atoms with Crippen molar-refractivity contribution >= 4 is 13.7 Å². The van der Waals surface area contributed by atoms with Crippen molar-refractivity contribution < 1.29 is 32.9 Å². The summed E-state index contributed by atoms with van der Waals surface area (Å²) < 4.78 is 23.1. The van der Waals surface area contributed by atoms with E-state index < -0.39 is 26.6 Å². The molecule has 0 heterocycles. The third kappa shape index (κ3) is 50.8. The fourth-order valence-electron chi connectivity index (χ4n) is 8.65. The lowest BCUT2D eigenvalue weighted by Gasteiger charge is -2.29. The molecule has 0 aliphatic heterocycles. The molecular weight excluding hydrogens is 840 g/mol. The number of rotatable bonds is 53. The highest BCUT2D eigenvalue weighted by Crippen LogP contribution is 2.38. The number of nitrogens with one attached hydrogen (secondary N) is 1. The highest BCUT2D eigenvalue weighted by atomic mass is 31.2. The van der Waals surface area contributed by atoms with E-state index in [1.54, 1.807) is 6.08 Å². The summed E-state index contributed by atoms with van der Waals surface area (Å²) in [6, 6.07) is -0.897. The fourth-order valence-corrected chi connectivity index (χ4v) is 9.37. The van der Waals surface area contributed by atoms with E-state index in [-0.39, 0.29) is 12.5 Å². The van der Waals surface area contributed by atoms with Crippen LogP contribution in [0.5, 0.6) is 0 Å². The van der Waals surface area contributed by atoms with Gasteiger partial charge in [-0.2, -0.15) is 0 Å². The second-order valence-corrected chi connectivity index (χ2v) is 22.4. The van der Waals surface area contributed by atoms with Gasteiger partial charge in [-0.3, -0.25) is 9.36 Å². The number of hydrogen-bond acceptors (Lipinski definition) is 6. The average molecular weight is 954 g/mol. The van der Waals surface area contributed by atoms with Crippen LogP contribution in [0, 0.1) is 0 Å². The Kier molecular flexibility index (Phi) is 48.2. The smallest absolute Gasteiger partial charge is 0.268 e. The number of unbranched alkanes of at least 4 members (excludes halogenated alkanes) is 38. The number of quaternary nitrogens is 1. The minimum Gasteiger partial charge on any atom is -0.756 e. The number of phosphoric acid groups is 1. The minimum atomic E-state index is -4.59. The van der Waals surface area contributed by atoms with Crippen molar-refractivity contribution in [2.45, 2.75) is 296 Å². The summed E-state index contributed by atoms with van der Waals surface area (Å²) in [6.45, 7) is 4.54. The van der Waals surface area contributed by atoms with Gasteiger partial charge in [0.2, 0.25) is 5.91 Å². The summed E-state index contributed by atoms with van der Waals surface area (Å²) in [5, 5.41) is 13.7. The second kappa shape index (κ2) is 49.0. The first-order chi connectivity index (χ1) is 32.0. The summed E-state index contributed by atoms with van der Waals surface area (Å²) in [6.07, 6.45) is 61.9. The molecule has 2 N–H and O–H groups in total. The second-order valence-electron chi connectivity index (χ2n) is 21.0. The highest BCUT2D eigenvalue weighted by molar-refractivity contribution is 7.45. The molecule has 0 bridgehead atoms. The van der Waals surface area contributed by atoms with Gasteiger partial charge < -0.3 is 28.8 Å².